The second kappa shape index (κ2) is 11.0. The number of carbonyl (C=O) groups is 3. The first-order valence-corrected chi connectivity index (χ1v) is 9.51. The molecule has 0 aliphatic heterocycles. The van der Waals surface area contributed by atoms with Gasteiger partial charge in [0.2, 0.25) is 11.8 Å². The van der Waals surface area contributed by atoms with Crippen LogP contribution in [0.1, 0.15) is 45.6 Å². The van der Waals surface area contributed by atoms with Gasteiger partial charge in [-0.1, -0.05) is 44.5 Å². The molecule has 2 amide bonds. The van der Waals surface area contributed by atoms with Crippen molar-refractivity contribution >= 4 is 29.4 Å². The van der Waals surface area contributed by atoms with Crippen LogP contribution in [0, 0.1) is 11.3 Å². The van der Waals surface area contributed by atoms with Crippen LogP contribution in [0.15, 0.2) is 24.3 Å². The number of benzene rings is 1. The third-order valence-electron chi connectivity index (χ3n) is 4.45. The Balaban J connectivity index is 2.80. The summed E-state index contributed by atoms with van der Waals surface area (Å²) in [7, 11) is 1.26. The number of aryl methyl sites for hydroxylation is 1. The number of hydroxylamine groups is 1. The SMILES string of the molecule is COC(=O)[C@@H](NC(=O)[C@H](CCCc1ccc(Cl)cc1)CC(=O)NO)C(C)(C)C. The van der Waals surface area contributed by atoms with Gasteiger partial charge in [0, 0.05) is 17.4 Å². The molecule has 0 aromatic heterocycles. The Bertz CT molecular complexity index is 670. The molecule has 1 rings (SSSR count). The molecule has 0 unspecified atom stereocenters. The quantitative estimate of drug-likeness (QED) is 0.328. The zero-order valence-corrected chi connectivity index (χ0v) is 17.5. The third-order valence-corrected chi connectivity index (χ3v) is 4.70. The maximum Gasteiger partial charge on any atom is 0.328 e. The van der Waals surface area contributed by atoms with Crippen LogP contribution in [0.25, 0.3) is 0 Å². The molecule has 3 N–H and O–H groups in total. The Labute approximate surface area is 170 Å². The molecule has 28 heavy (non-hydrogen) atoms. The highest BCUT2D eigenvalue weighted by molar-refractivity contribution is 6.30. The number of carbonyl (C=O) groups excluding carboxylic acids is 3. The number of rotatable bonds is 9. The van der Waals surface area contributed by atoms with E-state index in [0.29, 0.717) is 24.3 Å². The number of ether oxygens (including phenoxy) is 1. The average molecular weight is 413 g/mol. The van der Waals surface area contributed by atoms with E-state index in [1.54, 1.807) is 17.6 Å². The molecule has 1 aromatic carbocycles. The lowest BCUT2D eigenvalue weighted by Gasteiger charge is -2.30. The minimum atomic E-state index is -0.846. The zero-order valence-electron chi connectivity index (χ0n) is 16.8. The zero-order chi connectivity index (χ0) is 21.3. The fourth-order valence-corrected chi connectivity index (χ4v) is 2.93. The van der Waals surface area contributed by atoms with Crippen molar-refractivity contribution < 1.29 is 24.3 Å². The van der Waals surface area contributed by atoms with E-state index in [1.807, 2.05) is 32.9 Å². The minimum Gasteiger partial charge on any atom is -0.467 e. The fraction of sp³-hybridized carbons (Fsp3) is 0.550. The van der Waals surface area contributed by atoms with E-state index < -0.39 is 35.2 Å². The summed E-state index contributed by atoms with van der Waals surface area (Å²) in [6.45, 7) is 5.43. The summed E-state index contributed by atoms with van der Waals surface area (Å²) >= 11 is 5.87. The molecule has 1 aromatic rings. The second-order valence-corrected chi connectivity index (χ2v) is 8.22. The molecule has 8 heteroatoms. The van der Waals surface area contributed by atoms with Crippen LogP contribution in [-0.2, 0) is 25.5 Å². The minimum absolute atomic E-state index is 0.180. The first-order chi connectivity index (χ1) is 13.1. The molecule has 0 radical (unpaired) electrons. The normalized spacial score (nSPS) is 13.4. The topological polar surface area (TPSA) is 105 Å². The monoisotopic (exact) mass is 412 g/mol. The van der Waals surface area contributed by atoms with Crippen molar-refractivity contribution in [3.8, 4) is 0 Å². The van der Waals surface area contributed by atoms with Gasteiger partial charge in [-0.05, 0) is 42.4 Å². The molecule has 0 saturated carbocycles. The van der Waals surface area contributed by atoms with Crippen molar-refractivity contribution in [3.05, 3.63) is 34.9 Å². The van der Waals surface area contributed by atoms with Crippen LogP contribution in [0.2, 0.25) is 5.02 Å². The maximum atomic E-state index is 12.8. The van der Waals surface area contributed by atoms with Crippen LogP contribution >= 0.6 is 11.6 Å². The maximum absolute atomic E-state index is 12.8. The molecule has 0 saturated heterocycles. The molecular formula is C20H29ClN2O5. The molecule has 156 valence electrons. The van der Waals surface area contributed by atoms with Gasteiger partial charge in [0.25, 0.3) is 0 Å². The predicted octanol–water partition coefficient (Wildman–Crippen LogP) is 2.88. The summed E-state index contributed by atoms with van der Waals surface area (Å²) in [5.74, 6) is -2.32. The highest BCUT2D eigenvalue weighted by Crippen LogP contribution is 2.22. The summed E-state index contributed by atoms with van der Waals surface area (Å²) in [6, 6.07) is 6.56. The number of methoxy groups -OCH3 is 1. The Hall–Kier alpha value is -2.12. The van der Waals surface area contributed by atoms with E-state index in [1.165, 1.54) is 7.11 Å². The van der Waals surface area contributed by atoms with Crippen molar-refractivity contribution in [1.29, 1.82) is 0 Å². The van der Waals surface area contributed by atoms with Crippen molar-refractivity contribution in [3.63, 3.8) is 0 Å². The summed E-state index contributed by atoms with van der Waals surface area (Å²) in [6.07, 6.45) is 1.60. The molecule has 0 heterocycles. The van der Waals surface area contributed by atoms with Gasteiger partial charge >= 0.3 is 5.97 Å². The van der Waals surface area contributed by atoms with Crippen molar-refractivity contribution in [2.45, 2.75) is 52.5 Å². The van der Waals surface area contributed by atoms with Crippen LogP contribution in [0.4, 0.5) is 0 Å². The Morgan fingerprint density at radius 1 is 1.18 bits per heavy atom. The average Bonchev–Trinajstić information content (AvgIpc) is 2.64. The van der Waals surface area contributed by atoms with E-state index in [0.717, 1.165) is 5.56 Å². The molecule has 2 atom stereocenters. The van der Waals surface area contributed by atoms with E-state index in [-0.39, 0.29) is 6.42 Å². The first kappa shape index (κ1) is 23.9. The first-order valence-electron chi connectivity index (χ1n) is 9.14. The summed E-state index contributed by atoms with van der Waals surface area (Å²) in [5, 5.41) is 12.2. The van der Waals surface area contributed by atoms with Crippen LogP contribution in [0.5, 0.6) is 0 Å². The lowest BCUT2D eigenvalue weighted by molar-refractivity contribution is -0.149. The third kappa shape index (κ3) is 7.86. The van der Waals surface area contributed by atoms with Gasteiger partial charge < -0.3 is 10.1 Å². The van der Waals surface area contributed by atoms with Crippen LogP contribution < -0.4 is 10.8 Å². The molecule has 0 fully saturated rings. The summed E-state index contributed by atoms with van der Waals surface area (Å²) < 4.78 is 4.79. The summed E-state index contributed by atoms with van der Waals surface area (Å²) in [5.41, 5.74) is 2.06. The van der Waals surface area contributed by atoms with Crippen molar-refractivity contribution in [1.82, 2.24) is 10.8 Å². The lowest BCUT2D eigenvalue weighted by atomic mass is 9.85. The number of esters is 1. The van der Waals surface area contributed by atoms with Gasteiger partial charge in [0.15, 0.2) is 0 Å². The number of amides is 2. The Kier molecular flexibility index (Phi) is 9.41. The van der Waals surface area contributed by atoms with E-state index in [9.17, 15) is 14.4 Å². The van der Waals surface area contributed by atoms with Crippen LogP contribution in [-0.4, -0.2) is 36.1 Å². The number of halogens is 1. The van der Waals surface area contributed by atoms with Gasteiger partial charge in [-0.25, -0.2) is 10.3 Å². The molecule has 7 nitrogen and oxygen atoms in total. The van der Waals surface area contributed by atoms with Crippen molar-refractivity contribution in [2.75, 3.05) is 7.11 Å². The van der Waals surface area contributed by atoms with Gasteiger partial charge in [0.05, 0.1) is 7.11 Å². The highest BCUT2D eigenvalue weighted by Gasteiger charge is 2.35. The smallest absolute Gasteiger partial charge is 0.328 e. The molecule has 0 bridgehead atoms. The van der Waals surface area contributed by atoms with Crippen LogP contribution in [0.3, 0.4) is 0 Å². The van der Waals surface area contributed by atoms with Gasteiger partial charge in [-0.15, -0.1) is 0 Å². The number of nitrogens with one attached hydrogen (secondary N) is 2. The fourth-order valence-electron chi connectivity index (χ4n) is 2.81. The second-order valence-electron chi connectivity index (χ2n) is 7.79. The number of hydrogen-bond acceptors (Lipinski definition) is 5. The molecular weight excluding hydrogens is 384 g/mol. The largest absolute Gasteiger partial charge is 0.467 e. The standard InChI is InChI=1S/C20H29ClN2O5/c1-20(2,3)17(19(26)28-4)22-18(25)14(12-16(24)23-27)7-5-6-13-8-10-15(21)11-9-13/h8-11,14,17,27H,5-7,12H2,1-4H3,(H,22,25)(H,23,24)/t14-,17-/m1/s1. The van der Waals surface area contributed by atoms with E-state index in [4.69, 9.17) is 21.5 Å². The van der Waals surface area contributed by atoms with Crippen molar-refractivity contribution in [2.24, 2.45) is 11.3 Å². The summed E-state index contributed by atoms with van der Waals surface area (Å²) in [4.78, 5) is 36.4. The van der Waals surface area contributed by atoms with E-state index >= 15 is 0 Å². The van der Waals surface area contributed by atoms with E-state index in [2.05, 4.69) is 5.32 Å². The molecule has 0 aliphatic carbocycles. The van der Waals surface area contributed by atoms with Gasteiger partial charge in [0.1, 0.15) is 6.04 Å². The molecule has 0 spiro atoms. The van der Waals surface area contributed by atoms with Gasteiger partial charge in [-0.3, -0.25) is 14.8 Å². The lowest BCUT2D eigenvalue weighted by Crippen LogP contribution is -2.51. The Morgan fingerprint density at radius 2 is 1.79 bits per heavy atom. The highest BCUT2D eigenvalue weighted by atomic mass is 35.5. The Morgan fingerprint density at radius 3 is 2.29 bits per heavy atom. The number of hydrogen-bond donors (Lipinski definition) is 3. The van der Waals surface area contributed by atoms with Gasteiger partial charge in [-0.2, -0.15) is 0 Å². The predicted molar refractivity (Wildman–Crippen MR) is 106 cm³/mol. The molecule has 0 aliphatic rings.